The van der Waals surface area contributed by atoms with Crippen LogP contribution in [0.15, 0.2) is 53.0 Å². The third-order valence-electron chi connectivity index (χ3n) is 3.47. The van der Waals surface area contributed by atoms with E-state index in [-0.39, 0.29) is 30.5 Å². The minimum absolute atomic E-state index is 0.0505. The van der Waals surface area contributed by atoms with Crippen molar-refractivity contribution in [3.8, 4) is 5.75 Å². The van der Waals surface area contributed by atoms with Crippen LogP contribution >= 0.6 is 15.9 Å². The van der Waals surface area contributed by atoms with Crippen molar-refractivity contribution in [2.75, 3.05) is 18.9 Å². The second-order valence-electron chi connectivity index (χ2n) is 5.65. The van der Waals surface area contributed by atoms with Gasteiger partial charge in [-0.1, -0.05) is 24.3 Å². The Morgan fingerprint density at radius 2 is 1.74 bits per heavy atom. The maximum atomic E-state index is 12.2. The van der Waals surface area contributed by atoms with Gasteiger partial charge in [-0.05, 0) is 45.8 Å². The number of nitrogens with zero attached hydrogens (tertiary/aromatic N) is 1. The Morgan fingerprint density at radius 1 is 1.11 bits per heavy atom. The van der Waals surface area contributed by atoms with Gasteiger partial charge in [-0.2, -0.15) is 0 Å². The molecule has 144 valence electrons. The first-order chi connectivity index (χ1) is 12.6. The largest absolute Gasteiger partial charge is 0.573 e. The van der Waals surface area contributed by atoms with Crippen LogP contribution in [0.1, 0.15) is 5.56 Å². The number of ether oxygens (including phenoxy) is 1. The minimum Gasteiger partial charge on any atom is -0.406 e. The Balaban J connectivity index is 1.88. The summed E-state index contributed by atoms with van der Waals surface area (Å²) in [5.41, 5.74) is 1.09. The highest BCUT2D eigenvalue weighted by molar-refractivity contribution is 9.10. The van der Waals surface area contributed by atoms with Crippen LogP contribution < -0.4 is 10.1 Å². The SMILES string of the molecule is CN(CC(=O)Nc1ccccc1Br)C(=O)Cc1ccc(OC(F)(F)F)cc1. The number of alkyl halides is 3. The van der Waals surface area contributed by atoms with Crippen LogP contribution in [0.5, 0.6) is 5.75 Å². The lowest BCUT2D eigenvalue weighted by Gasteiger charge is -2.17. The molecule has 0 aliphatic rings. The summed E-state index contributed by atoms with van der Waals surface area (Å²) in [5, 5.41) is 2.69. The van der Waals surface area contributed by atoms with Crippen LogP contribution in [0, 0.1) is 0 Å². The average Bonchev–Trinajstić information content (AvgIpc) is 2.57. The summed E-state index contributed by atoms with van der Waals surface area (Å²) < 4.78 is 40.9. The van der Waals surface area contributed by atoms with Crippen molar-refractivity contribution < 1.29 is 27.5 Å². The molecule has 0 unspecified atom stereocenters. The summed E-state index contributed by atoms with van der Waals surface area (Å²) in [4.78, 5) is 25.5. The lowest BCUT2D eigenvalue weighted by atomic mass is 10.1. The minimum atomic E-state index is -4.77. The van der Waals surface area contributed by atoms with Crippen molar-refractivity contribution in [3.63, 3.8) is 0 Å². The van der Waals surface area contributed by atoms with Crippen molar-refractivity contribution >= 4 is 33.4 Å². The third-order valence-corrected chi connectivity index (χ3v) is 4.16. The smallest absolute Gasteiger partial charge is 0.406 e. The number of anilines is 1. The summed E-state index contributed by atoms with van der Waals surface area (Å²) in [6.07, 6.45) is -4.82. The molecule has 9 heteroatoms. The molecule has 0 aliphatic carbocycles. The Hall–Kier alpha value is -2.55. The van der Waals surface area contributed by atoms with Gasteiger partial charge in [-0.25, -0.2) is 0 Å². The lowest BCUT2D eigenvalue weighted by molar-refractivity contribution is -0.274. The van der Waals surface area contributed by atoms with Gasteiger partial charge < -0.3 is 15.0 Å². The predicted octanol–water partition coefficient (Wildman–Crippen LogP) is 3.99. The molecule has 0 aromatic heterocycles. The van der Waals surface area contributed by atoms with E-state index in [1.54, 1.807) is 24.3 Å². The van der Waals surface area contributed by atoms with Crippen LogP contribution in [-0.2, 0) is 16.0 Å². The molecular weight excluding hydrogens is 429 g/mol. The molecular formula is C18H16BrF3N2O3. The zero-order valence-corrected chi connectivity index (χ0v) is 15.8. The second kappa shape index (κ2) is 8.90. The molecule has 2 aromatic carbocycles. The monoisotopic (exact) mass is 444 g/mol. The van der Waals surface area contributed by atoms with Gasteiger partial charge >= 0.3 is 6.36 Å². The summed E-state index contributed by atoms with van der Waals surface area (Å²) in [5.74, 6) is -1.08. The number of amides is 2. The molecule has 0 fully saturated rings. The van der Waals surface area contributed by atoms with E-state index in [0.717, 1.165) is 12.1 Å². The van der Waals surface area contributed by atoms with E-state index < -0.39 is 6.36 Å². The molecule has 0 saturated heterocycles. The number of carbonyl (C=O) groups is 2. The molecule has 0 saturated carbocycles. The first-order valence-corrected chi connectivity index (χ1v) is 8.56. The molecule has 2 amide bonds. The number of carbonyl (C=O) groups excluding carboxylic acids is 2. The number of para-hydroxylation sites is 1. The van der Waals surface area contributed by atoms with E-state index in [0.29, 0.717) is 15.7 Å². The van der Waals surface area contributed by atoms with Gasteiger partial charge in [0.25, 0.3) is 0 Å². The van der Waals surface area contributed by atoms with Crippen molar-refractivity contribution in [2.24, 2.45) is 0 Å². The number of nitrogens with one attached hydrogen (secondary N) is 1. The number of rotatable bonds is 6. The van der Waals surface area contributed by atoms with E-state index in [4.69, 9.17) is 0 Å². The van der Waals surface area contributed by atoms with Crippen molar-refractivity contribution in [2.45, 2.75) is 12.8 Å². The quantitative estimate of drug-likeness (QED) is 0.732. The Labute approximate surface area is 162 Å². The fourth-order valence-electron chi connectivity index (χ4n) is 2.17. The topological polar surface area (TPSA) is 58.6 Å². The molecule has 0 spiro atoms. The molecule has 0 bridgehead atoms. The maximum Gasteiger partial charge on any atom is 0.573 e. The van der Waals surface area contributed by atoms with E-state index in [1.165, 1.54) is 24.1 Å². The van der Waals surface area contributed by atoms with Crippen LogP contribution in [0.2, 0.25) is 0 Å². The highest BCUT2D eigenvalue weighted by atomic mass is 79.9. The summed E-state index contributed by atoms with van der Waals surface area (Å²) in [7, 11) is 1.48. The Morgan fingerprint density at radius 3 is 2.33 bits per heavy atom. The summed E-state index contributed by atoms with van der Waals surface area (Å²) in [6.45, 7) is -0.157. The van der Waals surface area contributed by atoms with Crippen molar-refractivity contribution in [3.05, 3.63) is 58.6 Å². The lowest BCUT2D eigenvalue weighted by Crippen LogP contribution is -2.35. The first-order valence-electron chi connectivity index (χ1n) is 7.77. The van der Waals surface area contributed by atoms with Gasteiger partial charge in [0.1, 0.15) is 5.75 Å². The zero-order valence-electron chi connectivity index (χ0n) is 14.2. The molecule has 5 nitrogen and oxygen atoms in total. The molecule has 27 heavy (non-hydrogen) atoms. The Kier molecular flexibility index (Phi) is 6.84. The maximum absolute atomic E-state index is 12.2. The molecule has 1 N–H and O–H groups in total. The molecule has 0 atom stereocenters. The van der Waals surface area contributed by atoms with Crippen LogP contribution in [0.4, 0.5) is 18.9 Å². The van der Waals surface area contributed by atoms with E-state index in [9.17, 15) is 22.8 Å². The highest BCUT2D eigenvalue weighted by Gasteiger charge is 2.31. The molecule has 0 radical (unpaired) electrons. The fraction of sp³-hybridized carbons (Fsp3) is 0.222. The number of hydrogen-bond acceptors (Lipinski definition) is 3. The fourth-order valence-corrected chi connectivity index (χ4v) is 2.56. The number of likely N-dealkylation sites (N-methyl/N-ethyl adjacent to an activating group) is 1. The molecule has 0 heterocycles. The van der Waals surface area contributed by atoms with Gasteiger partial charge in [0.05, 0.1) is 18.7 Å². The van der Waals surface area contributed by atoms with E-state index in [1.807, 2.05) is 0 Å². The number of hydrogen-bond donors (Lipinski definition) is 1. The first kappa shape index (κ1) is 20.8. The Bertz CT molecular complexity index is 810. The van der Waals surface area contributed by atoms with Crippen molar-refractivity contribution in [1.29, 1.82) is 0 Å². The standard InChI is InChI=1S/C18H16BrF3N2O3/c1-24(11-16(25)23-15-5-3-2-4-14(15)19)17(26)10-12-6-8-13(9-7-12)27-18(20,21)22/h2-9H,10-11H2,1H3,(H,23,25). The zero-order chi connectivity index (χ0) is 20.0. The van der Waals surface area contributed by atoms with Gasteiger partial charge in [0.15, 0.2) is 0 Å². The van der Waals surface area contributed by atoms with Gasteiger partial charge in [0.2, 0.25) is 11.8 Å². The second-order valence-corrected chi connectivity index (χ2v) is 6.50. The van der Waals surface area contributed by atoms with Gasteiger partial charge in [-0.15, -0.1) is 13.2 Å². The van der Waals surface area contributed by atoms with Crippen LogP contribution in [0.25, 0.3) is 0 Å². The average molecular weight is 445 g/mol. The van der Waals surface area contributed by atoms with E-state index in [2.05, 4.69) is 26.0 Å². The summed E-state index contributed by atoms with van der Waals surface area (Å²) >= 11 is 3.31. The normalized spacial score (nSPS) is 11.0. The van der Waals surface area contributed by atoms with E-state index >= 15 is 0 Å². The molecule has 0 aliphatic heterocycles. The predicted molar refractivity (Wildman–Crippen MR) is 97.2 cm³/mol. The third kappa shape index (κ3) is 6.93. The van der Waals surface area contributed by atoms with Gasteiger partial charge in [0, 0.05) is 11.5 Å². The van der Waals surface area contributed by atoms with Crippen LogP contribution in [-0.4, -0.2) is 36.7 Å². The van der Waals surface area contributed by atoms with Gasteiger partial charge in [-0.3, -0.25) is 9.59 Å². The molecule has 2 rings (SSSR count). The highest BCUT2D eigenvalue weighted by Crippen LogP contribution is 2.23. The summed E-state index contributed by atoms with van der Waals surface area (Å²) in [6, 6.07) is 12.1. The van der Waals surface area contributed by atoms with Crippen molar-refractivity contribution in [1.82, 2.24) is 4.90 Å². The number of halogens is 4. The number of benzene rings is 2. The molecule has 2 aromatic rings. The van der Waals surface area contributed by atoms with Crippen LogP contribution in [0.3, 0.4) is 0 Å².